The molecule has 1 aliphatic heterocycles. The topological polar surface area (TPSA) is 49.8 Å². The minimum absolute atomic E-state index is 0.543. The second kappa shape index (κ2) is 4.87. The maximum atomic E-state index is 5.89. The number of aromatic nitrogens is 2. The van der Waals surface area contributed by atoms with E-state index in [0.29, 0.717) is 6.54 Å². The van der Waals surface area contributed by atoms with Gasteiger partial charge < -0.3 is 15.5 Å². The zero-order valence-corrected chi connectivity index (χ0v) is 11.5. The summed E-state index contributed by atoms with van der Waals surface area (Å²) in [6.45, 7) is 8.22. The van der Waals surface area contributed by atoms with Gasteiger partial charge in [0, 0.05) is 44.3 Å². The van der Waals surface area contributed by atoms with Gasteiger partial charge in [0.2, 0.25) is 0 Å². The second-order valence-corrected chi connectivity index (χ2v) is 5.44. The summed E-state index contributed by atoms with van der Waals surface area (Å²) in [5.74, 6) is 1.08. The van der Waals surface area contributed by atoms with Crippen molar-refractivity contribution in [3.05, 3.63) is 17.3 Å². The minimum atomic E-state index is 0.543. The van der Waals surface area contributed by atoms with Crippen molar-refractivity contribution < 1.29 is 0 Å². The molecule has 0 atom stereocenters. The van der Waals surface area contributed by atoms with Gasteiger partial charge in [0.05, 0.1) is 5.69 Å². The van der Waals surface area contributed by atoms with Crippen LogP contribution in [0.1, 0.15) is 12.6 Å². The Morgan fingerprint density at radius 1 is 1.33 bits per heavy atom. The Bertz CT molecular complexity index is 524. The Kier molecular flexibility index (Phi) is 3.23. The minimum Gasteiger partial charge on any atom is -0.352 e. The van der Waals surface area contributed by atoms with Crippen molar-refractivity contribution in [2.75, 3.05) is 37.6 Å². The molecule has 0 spiro atoms. The smallest absolute Gasteiger partial charge is 0.195 e. The lowest BCUT2D eigenvalue weighted by Crippen LogP contribution is -2.46. The highest BCUT2D eigenvalue weighted by Gasteiger charge is 2.21. The molecule has 0 saturated carbocycles. The molecule has 0 aromatic carbocycles. The number of anilines is 1. The van der Waals surface area contributed by atoms with Gasteiger partial charge in [-0.15, -0.1) is 11.3 Å². The number of piperazine rings is 1. The van der Waals surface area contributed by atoms with E-state index in [2.05, 4.69) is 32.7 Å². The Labute approximate surface area is 111 Å². The Hall–Kier alpha value is -1.11. The molecular formula is C12H19N5S. The number of imidazole rings is 1. The van der Waals surface area contributed by atoms with Crippen LogP contribution in [0.2, 0.25) is 0 Å². The predicted molar refractivity (Wildman–Crippen MR) is 75.3 cm³/mol. The SMILES string of the molecule is CCN1CCN(c2nc3sccn3c2CN)CC1. The van der Waals surface area contributed by atoms with Gasteiger partial charge in [0.1, 0.15) is 0 Å². The van der Waals surface area contributed by atoms with Crippen LogP contribution in [0.15, 0.2) is 11.6 Å². The molecule has 0 radical (unpaired) electrons. The van der Waals surface area contributed by atoms with Crippen molar-refractivity contribution >= 4 is 22.1 Å². The van der Waals surface area contributed by atoms with Crippen molar-refractivity contribution in [1.29, 1.82) is 0 Å². The monoisotopic (exact) mass is 265 g/mol. The van der Waals surface area contributed by atoms with Crippen LogP contribution in [-0.4, -0.2) is 47.0 Å². The van der Waals surface area contributed by atoms with Gasteiger partial charge >= 0.3 is 0 Å². The van der Waals surface area contributed by atoms with Crippen LogP contribution in [-0.2, 0) is 6.54 Å². The summed E-state index contributed by atoms with van der Waals surface area (Å²) in [5, 5.41) is 2.06. The molecule has 3 heterocycles. The maximum absolute atomic E-state index is 5.89. The molecule has 1 aliphatic rings. The predicted octanol–water partition coefficient (Wildman–Crippen LogP) is 0.996. The summed E-state index contributed by atoms with van der Waals surface area (Å²) >= 11 is 1.67. The molecule has 3 rings (SSSR count). The zero-order valence-electron chi connectivity index (χ0n) is 10.7. The number of rotatable bonds is 3. The first-order chi connectivity index (χ1) is 8.83. The van der Waals surface area contributed by atoms with Crippen LogP contribution in [0, 0.1) is 0 Å². The summed E-state index contributed by atoms with van der Waals surface area (Å²) in [7, 11) is 0. The Balaban J connectivity index is 1.87. The third-order valence-electron chi connectivity index (χ3n) is 3.65. The fourth-order valence-electron chi connectivity index (χ4n) is 2.54. The Morgan fingerprint density at radius 3 is 2.78 bits per heavy atom. The molecule has 2 aromatic heterocycles. The lowest BCUT2D eigenvalue weighted by Gasteiger charge is -2.34. The highest BCUT2D eigenvalue weighted by atomic mass is 32.1. The summed E-state index contributed by atoms with van der Waals surface area (Å²) in [5.41, 5.74) is 7.02. The van der Waals surface area contributed by atoms with Crippen LogP contribution < -0.4 is 10.6 Å². The highest BCUT2D eigenvalue weighted by molar-refractivity contribution is 7.15. The summed E-state index contributed by atoms with van der Waals surface area (Å²) in [6, 6.07) is 0. The number of likely N-dealkylation sites (N-methyl/N-ethyl adjacent to an activating group) is 1. The number of nitrogens with two attached hydrogens (primary N) is 1. The van der Waals surface area contributed by atoms with Gasteiger partial charge in [0.15, 0.2) is 10.8 Å². The molecule has 5 nitrogen and oxygen atoms in total. The number of fused-ring (bicyclic) bond motifs is 1. The van der Waals surface area contributed by atoms with E-state index in [1.807, 2.05) is 0 Å². The van der Waals surface area contributed by atoms with Crippen molar-refractivity contribution in [2.24, 2.45) is 5.73 Å². The van der Waals surface area contributed by atoms with E-state index in [1.165, 1.54) is 0 Å². The number of hydrogen-bond donors (Lipinski definition) is 1. The van der Waals surface area contributed by atoms with E-state index in [0.717, 1.165) is 49.2 Å². The first-order valence-corrected chi connectivity index (χ1v) is 7.33. The van der Waals surface area contributed by atoms with Gasteiger partial charge in [-0.25, -0.2) is 4.98 Å². The molecular weight excluding hydrogens is 246 g/mol. The third kappa shape index (κ3) is 1.90. The van der Waals surface area contributed by atoms with Crippen LogP contribution in [0.4, 0.5) is 5.82 Å². The third-order valence-corrected chi connectivity index (χ3v) is 4.41. The van der Waals surface area contributed by atoms with Crippen molar-refractivity contribution in [3.63, 3.8) is 0 Å². The average molecular weight is 265 g/mol. The fourth-order valence-corrected chi connectivity index (χ4v) is 3.27. The molecule has 6 heteroatoms. The molecule has 2 aromatic rings. The molecule has 1 saturated heterocycles. The second-order valence-electron chi connectivity index (χ2n) is 4.56. The maximum Gasteiger partial charge on any atom is 0.195 e. The van der Waals surface area contributed by atoms with Crippen LogP contribution >= 0.6 is 11.3 Å². The summed E-state index contributed by atoms with van der Waals surface area (Å²) < 4.78 is 2.12. The summed E-state index contributed by atoms with van der Waals surface area (Å²) in [4.78, 5) is 10.6. The van der Waals surface area contributed by atoms with E-state index in [4.69, 9.17) is 10.7 Å². The molecule has 0 aliphatic carbocycles. The lowest BCUT2D eigenvalue weighted by atomic mass is 10.3. The number of hydrogen-bond acceptors (Lipinski definition) is 5. The molecule has 0 bridgehead atoms. The first-order valence-electron chi connectivity index (χ1n) is 6.45. The molecule has 18 heavy (non-hydrogen) atoms. The average Bonchev–Trinajstić information content (AvgIpc) is 2.98. The standard InChI is InChI=1S/C12H19N5S/c1-2-15-3-5-16(6-4-15)11-10(9-13)17-7-8-18-12(17)14-11/h7-8H,2-6,9,13H2,1H3. The van der Waals surface area contributed by atoms with Crippen molar-refractivity contribution in [1.82, 2.24) is 14.3 Å². The fraction of sp³-hybridized carbons (Fsp3) is 0.583. The van der Waals surface area contributed by atoms with Crippen LogP contribution in [0.3, 0.4) is 0 Å². The normalized spacial score (nSPS) is 17.8. The van der Waals surface area contributed by atoms with Gasteiger partial charge in [-0.1, -0.05) is 6.92 Å². The van der Waals surface area contributed by atoms with Gasteiger partial charge in [-0.2, -0.15) is 0 Å². The van der Waals surface area contributed by atoms with Gasteiger partial charge in [0.25, 0.3) is 0 Å². The van der Waals surface area contributed by atoms with Crippen LogP contribution in [0.5, 0.6) is 0 Å². The van der Waals surface area contributed by atoms with E-state index < -0.39 is 0 Å². The van der Waals surface area contributed by atoms with E-state index in [-0.39, 0.29) is 0 Å². The van der Waals surface area contributed by atoms with Crippen LogP contribution in [0.25, 0.3) is 4.96 Å². The van der Waals surface area contributed by atoms with Gasteiger partial charge in [-0.3, -0.25) is 4.40 Å². The largest absolute Gasteiger partial charge is 0.352 e. The quantitative estimate of drug-likeness (QED) is 0.899. The molecule has 1 fully saturated rings. The van der Waals surface area contributed by atoms with E-state index in [9.17, 15) is 0 Å². The molecule has 98 valence electrons. The summed E-state index contributed by atoms with van der Waals surface area (Å²) in [6.07, 6.45) is 2.06. The molecule has 0 unspecified atom stereocenters. The molecule has 2 N–H and O–H groups in total. The van der Waals surface area contributed by atoms with Gasteiger partial charge in [-0.05, 0) is 6.54 Å². The van der Waals surface area contributed by atoms with Crippen molar-refractivity contribution in [2.45, 2.75) is 13.5 Å². The first kappa shape index (κ1) is 12.0. The number of thiazole rings is 1. The number of nitrogens with zero attached hydrogens (tertiary/aromatic N) is 4. The van der Waals surface area contributed by atoms with E-state index >= 15 is 0 Å². The zero-order chi connectivity index (χ0) is 12.5. The lowest BCUT2D eigenvalue weighted by molar-refractivity contribution is 0.270. The molecule has 0 amide bonds. The van der Waals surface area contributed by atoms with Crippen molar-refractivity contribution in [3.8, 4) is 0 Å². The Morgan fingerprint density at radius 2 is 2.11 bits per heavy atom. The van der Waals surface area contributed by atoms with E-state index in [1.54, 1.807) is 11.3 Å². The highest BCUT2D eigenvalue weighted by Crippen LogP contribution is 2.25.